The van der Waals surface area contributed by atoms with Gasteiger partial charge in [-0.25, -0.2) is 4.79 Å². The number of benzene rings is 1. The Hall–Kier alpha value is -2.19. The van der Waals surface area contributed by atoms with Gasteiger partial charge in [-0.15, -0.1) is 0 Å². The van der Waals surface area contributed by atoms with Gasteiger partial charge in [0.25, 0.3) is 11.6 Å². The zero-order chi connectivity index (χ0) is 16.2. The van der Waals surface area contributed by atoms with E-state index in [4.69, 9.17) is 21.4 Å². The number of nitrogens with one attached hydrogen (secondary N) is 1. The van der Waals surface area contributed by atoms with Crippen LogP contribution in [0.1, 0.15) is 17.3 Å². The first-order valence-electron chi connectivity index (χ1n) is 5.70. The Morgan fingerprint density at radius 2 is 2.14 bits per heavy atom. The molecule has 0 aliphatic rings. The van der Waals surface area contributed by atoms with E-state index in [9.17, 15) is 19.7 Å². The first-order valence-corrected chi connectivity index (χ1v) is 6.08. The summed E-state index contributed by atoms with van der Waals surface area (Å²) in [6.07, 6.45) is 0. The lowest BCUT2D eigenvalue weighted by atomic mass is 10.0. The van der Waals surface area contributed by atoms with Gasteiger partial charge in [0.05, 0.1) is 11.5 Å². The van der Waals surface area contributed by atoms with E-state index in [2.05, 4.69) is 5.32 Å². The van der Waals surface area contributed by atoms with Crippen molar-refractivity contribution in [1.82, 2.24) is 5.32 Å². The summed E-state index contributed by atoms with van der Waals surface area (Å²) in [6.45, 7) is 0.938. The van der Waals surface area contributed by atoms with Crippen LogP contribution >= 0.6 is 11.6 Å². The molecule has 0 aliphatic heterocycles. The Balaban J connectivity index is 3.15. The molecule has 1 amide bonds. The molecule has 0 radical (unpaired) electrons. The number of halogens is 1. The maximum absolute atomic E-state index is 12.1. The molecule has 114 valence electrons. The van der Waals surface area contributed by atoms with Crippen LogP contribution in [-0.4, -0.2) is 41.2 Å². The second-order valence-corrected chi connectivity index (χ2v) is 4.88. The van der Waals surface area contributed by atoms with Crippen LogP contribution in [-0.2, 0) is 9.53 Å². The van der Waals surface area contributed by atoms with Crippen LogP contribution in [0.3, 0.4) is 0 Å². The largest absolute Gasteiger partial charge is 0.479 e. The number of aliphatic carboxylic acids is 1. The highest BCUT2D eigenvalue weighted by atomic mass is 35.5. The van der Waals surface area contributed by atoms with Crippen LogP contribution in [0.15, 0.2) is 18.2 Å². The summed E-state index contributed by atoms with van der Waals surface area (Å²) in [4.78, 5) is 33.5. The fraction of sp³-hybridized carbons (Fsp3) is 0.333. The van der Waals surface area contributed by atoms with Gasteiger partial charge >= 0.3 is 5.97 Å². The van der Waals surface area contributed by atoms with Crippen LogP contribution in [0.2, 0.25) is 5.02 Å². The van der Waals surface area contributed by atoms with Crippen molar-refractivity contribution in [2.75, 3.05) is 13.7 Å². The number of carbonyl (C=O) groups is 2. The number of carboxylic acids is 1. The summed E-state index contributed by atoms with van der Waals surface area (Å²) in [5, 5.41) is 22.4. The minimum atomic E-state index is -1.71. The normalized spacial score (nSPS) is 13.3. The first kappa shape index (κ1) is 16.9. The summed E-state index contributed by atoms with van der Waals surface area (Å²) in [5.74, 6) is -2.23. The van der Waals surface area contributed by atoms with Gasteiger partial charge in [-0.05, 0) is 19.1 Å². The van der Waals surface area contributed by atoms with E-state index < -0.39 is 28.0 Å². The topological polar surface area (TPSA) is 119 Å². The molecule has 0 spiro atoms. The summed E-state index contributed by atoms with van der Waals surface area (Å²) >= 11 is 5.65. The second-order valence-electron chi connectivity index (χ2n) is 4.44. The second kappa shape index (κ2) is 6.51. The molecule has 1 unspecified atom stereocenters. The molecule has 0 aliphatic carbocycles. The molecule has 0 saturated carbocycles. The van der Waals surface area contributed by atoms with Crippen molar-refractivity contribution in [3.63, 3.8) is 0 Å². The number of ether oxygens (including phenoxy) is 1. The molecular formula is C12H13ClN2O6. The Bertz CT molecular complexity index is 591. The first-order chi connectivity index (χ1) is 9.71. The minimum absolute atomic E-state index is 0.0936. The predicted octanol–water partition coefficient (Wildman–Crippen LogP) is 1.47. The monoisotopic (exact) mass is 316 g/mol. The van der Waals surface area contributed by atoms with Crippen molar-refractivity contribution in [3.05, 3.63) is 38.9 Å². The third kappa shape index (κ3) is 3.89. The van der Waals surface area contributed by atoms with Crippen molar-refractivity contribution in [2.45, 2.75) is 12.5 Å². The predicted molar refractivity (Wildman–Crippen MR) is 73.5 cm³/mol. The van der Waals surface area contributed by atoms with E-state index in [1.807, 2.05) is 0 Å². The molecule has 1 rings (SSSR count). The van der Waals surface area contributed by atoms with Crippen LogP contribution < -0.4 is 5.32 Å². The van der Waals surface area contributed by atoms with Crippen LogP contribution in [0.4, 0.5) is 5.69 Å². The number of rotatable bonds is 6. The number of amides is 1. The van der Waals surface area contributed by atoms with E-state index in [0.717, 1.165) is 12.1 Å². The maximum Gasteiger partial charge on any atom is 0.331 e. The summed E-state index contributed by atoms with van der Waals surface area (Å²) < 4.78 is 4.75. The Morgan fingerprint density at radius 1 is 1.52 bits per heavy atom. The van der Waals surface area contributed by atoms with E-state index in [-0.39, 0.29) is 17.2 Å². The Kier molecular flexibility index (Phi) is 5.23. The lowest BCUT2D eigenvalue weighted by molar-refractivity contribution is -0.385. The standard InChI is InChI=1S/C12H13ClN2O6/c1-12(6-21-2,11(17)18)14-10(16)8-4-3-7(13)5-9(8)15(19)20/h3-5H,6H2,1-2H3,(H,14,16)(H,17,18). The molecule has 0 saturated heterocycles. The fourth-order valence-electron chi connectivity index (χ4n) is 1.61. The molecule has 0 aromatic heterocycles. The van der Waals surface area contributed by atoms with Gasteiger partial charge in [-0.1, -0.05) is 11.6 Å². The van der Waals surface area contributed by atoms with Gasteiger partial charge in [0.2, 0.25) is 0 Å². The van der Waals surface area contributed by atoms with Crippen molar-refractivity contribution in [2.24, 2.45) is 0 Å². The number of hydrogen-bond donors (Lipinski definition) is 2. The third-order valence-corrected chi connectivity index (χ3v) is 2.93. The highest BCUT2D eigenvalue weighted by Crippen LogP contribution is 2.23. The quantitative estimate of drug-likeness (QED) is 0.606. The van der Waals surface area contributed by atoms with Gasteiger partial charge in [0, 0.05) is 18.2 Å². The molecule has 9 heteroatoms. The zero-order valence-corrected chi connectivity index (χ0v) is 12.0. The van der Waals surface area contributed by atoms with Gasteiger partial charge in [0.15, 0.2) is 5.54 Å². The van der Waals surface area contributed by atoms with Gasteiger partial charge < -0.3 is 15.2 Å². The number of hydrogen-bond acceptors (Lipinski definition) is 5. The maximum atomic E-state index is 12.1. The van der Waals surface area contributed by atoms with E-state index >= 15 is 0 Å². The Morgan fingerprint density at radius 3 is 2.62 bits per heavy atom. The van der Waals surface area contributed by atoms with E-state index in [1.54, 1.807) is 0 Å². The van der Waals surface area contributed by atoms with Crippen molar-refractivity contribution in [3.8, 4) is 0 Å². The molecule has 0 bridgehead atoms. The summed E-state index contributed by atoms with van der Waals surface area (Å²) in [7, 11) is 1.28. The molecular weight excluding hydrogens is 304 g/mol. The molecule has 1 atom stereocenters. The lowest BCUT2D eigenvalue weighted by Gasteiger charge is -2.25. The lowest BCUT2D eigenvalue weighted by Crippen LogP contribution is -2.55. The SMILES string of the molecule is COCC(C)(NC(=O)c1ccc(Cl)cc1[N+](=O)[O-])C(=O)O. The van der Waals surface area contributed by atoms with E-state index in [0.29, 0.717) is 0 Å². The molecule has 8 nitrogen and oxygen atoms in total. The third-order valence-electron chi connectivity index (χ3n) is 2.70. The molecule has 0 fully saturated rings. The van der Waals surface area contributed by atoms with Gasteiger partial charge in [0.1, 0.15) is 5.56 Å². The van der Waals surface area contributed by atoms with Gasteiger partial charge in [-0.3, -0.25) is 14.9 Å². The molecule has 0 heterocycles. The molecule has 1 aromatic rings. The number of carbonyl (C=O) groups excluding carboxylic acids is 1. The van der Waals surface area contributed by atoms with Crippen LogP contribution in [0.25, 0.3) is 0 Å². The molecule has 2 N–H and O–H groups in total. The van der Waals surface area contributed by atoms with Gasteiger partial charge in [-0.2, -0.15) is 0 Å². The number of carboxylic acid groups (broad SMARTS) is 1. The van der Waals surface area contributed by atoms with E-state index in [1.165, 1.54) is 20.1 Å². The highest BCUT2D eigenvalue weighted by Gasteiger charge is 2.36. The number of methoxy groups -OCH3 is 1. The summed E-state index contributed by atoms with van der Waals surface area (Å²) in [6, 6.07) is 3.48. The van der Waals surface area contributed by atoms with Crippen molar-refractivity contribution >= 4 is 29.2 Å². The van der Waals surface area contributed by atoms with Crippen molar-refractivity contribution in [1.29, 1.82) is 0 Å². The Labute approximate surface area is 124 Å². The minimum Gasteiger partial charge on any atom is -0.479 e. The van der Waals surface area contributed by atoms with Crippen LogP contribution in [0.5, 0.6) is 0 Å². The summed E-state index contributed by atoms with van der Waals surface area (Å²) in [5.41, 5.74) is -2.50. The number of nitro benzene ring substituents is 1. The molecule has 1 aromatic carbocycles. The zero-order valence-electron chi connectivity index (χ0n) is 11.3. The fourth-order valence-corrected chi connectivity index (χ4v) is 1.77. The highest BCUT2D eigenvalue weighted by molar-refractivity contribution is 6.31. The van der Waals surface area contributed by atoms with Crippen molar-refractivity contribution < 1.29 is 24.4 Å². The number of nitrogens with zero attached hydrogens (tertiary/aromatic N) is 1. The van der Waals surface area contributed by atoms with Crippen LogP contribution in [0, 0.1) is 10.1 Å². The average molecular weight is 317 g/mol. The number of nitro groups is 1. The smallest absolute Gasteiger partial charge is 0.331 e. The molecule has 21 heavy (non-hydrogen) atoms. The average Bonchev–Trinajstić information content (AvgIpc) is 2.38.